The quantitative estimate of drug-likeness (QED) is 0.802. The van der Waals surface area contributed by atoms with E-state index in [2.05, 4.69) is 15.9 Å². The lowest BCUT2D eigenvalue weighted by molar-refractivity contribution is -0.108. The molecular formula is C13H15BrO4. The summed E-state index contributed by atoms with van der Waals surface area (Å²) < 4.78 is 17.5. The molecule has 0 N–H and O–H groups in total. The highest BCUT2D eigenvalue weighted by atomic mass is 79.9. The molecule has 1 aliphatic rings. The summed E-state index contributed by atoms with van der Waals surface area (Å²) in [4.78, 5) is 10.7. The van der Waals surface area contributed by atoms with Crippen LogP contribution < -0.4 is 14.2 Å². The number of hydrogen-bond acceptors (Lipinski definition) is 4. The first-order valence-electron chi connectivity index (χ1n) is 5.78. The molecule has 1 heterocycles. The van der Waals surface area contributed by atoms with Crippen molar-refractivity contribution in [2.45, 2.75) is 19.3 Å². The van der Waals surface area contributed by atoms with Gasteiger partial charge in [-0.1, -0.05) is 6.92 Å². The second-order valence-electron chi connectivity index (χ2n) is 4.13. The molecular weight excluding hydrogens is 300 g/mol. The van der Waals surface area contributed by atoms with Crippen LogP contribution in [0.1, 0.15) is 24.8 Å². The molecule has 5 heteroatoms. The molecule has 1 atom stereocenters. The molecule has 1 aromatic rings. The SMILES string of the molecule is COc1c(Br)cc2c(c1C(C)CC=O)OCCO2. The molecule has 1 unspecified atom stereocenters. The number of ether oxygens (including phenoxy) is 3. The van der Waals surface area contributed by atoms with Crippen molar-refractivity contribution < 1.29 is 19.0 Å². The molecule has 0 amide bonds. The van der Waals surface area contributed by atoms with E-state index in [0.717, 1.165) is 16.3 Å². The Bertz CT molecular complexity index is 459. The Morgan fingerprint density at radius 2 is 2.22 bits per heavy atom. The van der Waals surface area contributed by atoms with Gasteiger partial charge in [0.1, 0.15) is 25.2 Å². The molecule has 1 aromatic carbocycles. The van der Waals surface area contributed by atoms with Gasteiger partial charge in [0.05, 0.1) is 11.6 Å². The number of hydrogen-bond donors (Lipinski definition) is 0. The molecule has 0 aromatic heterocycles. The summed E-state index contributed by atoms with van der Waals surface area (Å²) in [7, 11) is 1.60. The standard InChI is InChI=1S/C13H15BrO4/c1-8(3-4-15)11-12(16-2)9(14)7-10-13(11)18-6-5-17-10/h4,7-8H,3,5-6H2,1-2H3. The third-order valence-corrected chi connectivity index (χ3v) is 3.51. The van der Waals surface area contributed by atoms with Crippen LogP contribution in [-0.4, -0.2) is 26.6 Å². The highest BCUT2D eigenvalue weighted by Crippen LogP contribution is 2.48. The Kier molecular flexibility index (Phi) is 4.11. The number of methoxy groups -OCH3 is 1. The van der Waals surface area contributed by atoms with Gasteiger partial charge >= 0.3 is 0 Å². The van der Waals surface area contributed by atoms with Crippen molar-refractivity contribution in [2.24, 2.45) is 0 Å². The van der Waals surface area contributed by atoms with Gasteiger partial charge in [-0.2, -0.15) is 0 Å². The van der Waals surface area contributed by atoms with E-state index in [9.17, 15) is 4.79 Å². The molecule has 18 heavy (non-hydrogen) atoms. The number of carbonyl (C=O) groups is 1. The van der Waals surface area contributed by atoms with E-state index >= 15 is 0 Å². The number of rotatable bonds is 4. The summed E-state index contributed by atoms with van der Waals surface area (Å²) in [5.41, 5.74) is 0.883. The van der Waals surface area contributed by atoms with Crippen molar-refractivity contribution in [3.05, 3.63) is 16.1 Å². The molecule has 4 nitrogen and oxygen atoms in total. The molecule has 0 bridgehead atoms. The summed E-state index contributed by atoms with van der Waals surface area (Å²) in [5.74, 6) is 2.11. The minimum atomic E-state index is 0.0189. The number of aldehydes is 1. The lowest BCUT2D eigenvalue weighted by atomic mass is 9.95. The van der Waals surface area contributed by atoms with Crippen molar-refractivity contribution in [1.29, 1.82) is 0 Å². The van der Waals surface area contributed by atoms with Crippen LogP contribution in [0.25, 0.3) is 0 Å². The predicted molar refractivity (Wildman–Crippen MR) is 70.8 cm³/mol. The van der Waals surface area contributed by atoms with Gasteiger partial charge < -0.3 is 19.0 Å². The van der Waals surface area contributed by atoms with E-state index < -0.39 is 0 Å². The van der Waals surface area contributed by atoms with Crippen LogP contribution in [0.15, 0.2) is 10.5 Å². The first-order valence-corrected chi connectivity index (χ1v) is 6.58. The van der Waals surface area contributed by atoms with Crippen LogP contribution in [0.4, 0.5) is 0 Å². The second kappa shape index (κ2) is 5.61. The third kappa shape index (κ3) is 2.32. The average Bonchev–Trinajstić information content (AvgIpc) is 2.37. The predicted octanol–water partition coefficient (Wildman–Crippen LogP) is 2.92. The fourth-order valence-corrected chi connectivity index (χ4v) is 2.66. The largest absolute Gasteiger partial charge is 0.495 e. The van der Waals surface area contributed by atoms with Crippen molar-refractivity contribution in [1.82, 2.24) is 0 Å². The second-order valence-corrected chi connectivity index (χ2v) is 4.99. The maximum Gasteiger partial charge on any atom is 0.168 e. The normalized spacial score (nSPS) is 15.1. The maximum atomic E-state index is 10.7. The first kappa shape index (κ1) is 13.2. The molecule has 1 aliphatic heterocycles. The topological polar surface area (TPSA) is 44.8 Å². The fraction of sp³-hybridized carbons (Fsp3) is 0.462. The Balaban J connectivity index is 2.57. The monoisotopic (exact) mass is 314 g/mol. The number of halogens is 1. The highest BCUT2D eigenvalue weighted by Gasteiger charge is 2.26. The molecule has 0 radical (unpaired) electrons. The molecule has 0 saturated carbocycles. The Labute approximate surface area is 114 Å². The number of fused-ring (bicyclic) bond motifs is 1. The zero-order valence-electron chi connectivity index (χ0n) is 10.4. The van der Waals surface area contributed by atoms with Crippen LogP contribution in [0.5, 0.6) is 17.2 Å². The van der Waals surface area contributed by atoms with Crippen LogP contribution in [0.3, 0.4) is 0 Å². The van der Waals surface area contributed by atoms with Gasteiger partial charge in [0.15, 0.2) is 11.5 Å². The van der Waals surface area contributed by atoms with Crippen LogP contribution in [-0.2, 0) is 4.79 Å². The molecule has 0 saturated heterocycles. The van der Waals surface area contributed by atoms with Crippen molar-refractivity contribution in [3.8, 4) is 17.2 Å². The summed E-state index contributed by atoms with van der Waals surface area (Å²) in [6.07, 6.45) is 1.32. The van der Waals surface area contributed by atoms with E-state index in [4.69, 9.17) is 14.2 Å². The molecule has 2 rings (SSSR count). The van der Waals surface area contributed by atoms with Gasteiger partial charge in [-0.25, -0.2) is 0 Å². The van der Waals surface area contributed by atoms with E-state index in [1.807, 2.05) is 13.0 Å². The third-order valence-electron chi connectivity index (χ3n) is 2.92. The number of benzene rings is 1. The van der Waals surface area contributed by atoms with E-state index in [1.165, 1.54) is 0 Å². The van der Waals surface area contributed by atoms with Gasteiger partial charge in [-0.05, 0) is 21.8 Å². The Morgan fingerprint density at radius 1 is 1.50 bits per heavy atom. The summed E-state index contributed by atoms with van der Waals surface area (Å²) >= 11 is 3.46. The van der Waals surface area contributed by atoms with Crippen LogP contribution in [0.2, 0.25) is 0 Å². The van der Waals surface area contributed by atoms with Gasteiger partial charge in [-0.3, -0.25) is 0 Å². The van der Waals surface area contributed by atoms with Gasteiger partial charge in [0.25, 0.3) is 0 Å². The summed E-state index contributed by atoms with van der Waals surface area (Å²) in [6, 6.07) is 1.84. The molecule has 0 spiro atoms. The minimum Gasteiger partial charge on any atom is -0.495 e. The lowest BCUT2D eigenvalue weighted by Crippen LogP contribution is -2.18. The molecule has 0 fully saturated rings. The minimum absolute atomic E-state index is 0.0189. The van der Waals surface area contributed by atoms with E-state index in [0.29, 0.717) is 36.9 Å². The van der Waals surface area contributed by atoms with Gasteiger partial charge in [0.2, 0.25) is 0 Å². The average molecular weight is 315 g/mol. The maximum absolute atomic E-state index is 10.7. The zero-order chi connectivity index (χ0) is 13.1. The summed E-state index contributed by atoms with van der Waals surface area (Å²) in [5, 5.41) is 0. The van der Waals surface area contributed by atoms with Crippen molar-refractivity contribution in [3.63, 3.8) is 0 Å². The fourth-order valence-electron chi connectivity index (χ4n) is 2.08. The van der Waals surface area contributed by atoms with E-state index in [-0.39, 0.29) is 5.92 Å². The van der Waals surface area contributed by atoms with Gasteiger partial charge in [-0.15, -0.1) is 0 Å². The van der Waals surface area contributed by atoms with Crippen molar-refractivity contribution >= 4 is 22.2 Å². The van der Waals surface area contributed by atoms with Crippen LogP contribution in [0, 0.1) is 0 Å². The Morgan fingerprint density at radius 3 is 2.89 bits per heavy atom. The van der Waals surface area contributed by atoms with Gasteiger partial charge in [0, 0.05) is 18.1 Å². The first-order chi connectivity index (χ1) is 8.69. The molecule has 98 valence electrons. The lowest BCUT2D eigenvalue weighted by Gasteiger charge is -2.25. The smallest absolute Gasteiger partial charge is 0.168 e. The zero-order valence-corrected chi connectivity index (χ0v) is 12.0. The molecule has 0 aliphatic carbocycles. The number of carbonyl (C=O) groups excluding carboxylic acids is 1. The van der Waals surface area contributed by atoms with E-state index in [1.54, 1.807) is 7.11 Å². The van der Waals surface area contributed by atoms with Crippen molar-refractivity contribution in [2.75, 3.05) is 20.3 Å². The Hall–Kier alpha value is -1.23. The highest BCUT2D eigenvalue weighted by molar-refractivity contribution is 9.10. The summed E-state index contributed by atoms with van der Waals surface area (Å²) in [6.45, 7) is 3.02. The van der Waals surface area contributed by atoms with Crippen LogP contribution >= 0.6 is 15.9 Å².